The number of carboxylic acid groups (broad SMARTS) is 1. The lowest BCUT2D eigenvalue weighted by Gasteiger charge is -2.21. The third kappa shape index (κ3) is 10.4. The number of benzene rings is 3. The fourth-order valence-corrected chi connectivity index (χ4v) is 3.29. The van der Waals surface area contributed by atoms with Gasteiger partial charge in [-0.25, -0.2) is 9.59 Å². The highest BCUT2D eigenvalue weighted by Gasteiger charge is 2.27. The average molecular weight is 492 g/mol. The van der Waals surface area contributed by atoms with E-state index >= 15 is 0 Å². The van der Waals surface area contributed by atoms with Crippen molar-refractivity contribution in [3.8, 4) is 0 Å². The van der Waals surface area contributed by atoms with Gasteiger partial charge in [-0.3, -0.25) is 4.79 Å². The molecule has 2 atom stereocenters. The number of amides is 2. The van der Waals surface area contributed by atoms with Crippen LogP contribution in [-0.2, 0) is 33.8 Å². The van der Waals surface area contributed by atoms with Gasteiger partial charge in [0.15, 0.2) is 0 Å². The second-order valence-electron chi connectivity index (χ2n) is 7.68. The van der Waals surface area contributed by atoms with Crippen molar-refractivity contribution in [2.75, 3.05) is 0 Å². The fraction of sp³-hybridized carbons (Fsp3) is 0.192. The first-order chi connectivity index (χ1) is 17.4. The Hall–Kier alpha value is -4.15. The van der Waals surface area contributed by atoms with Gasteiger partial charge >= 0.3 is 19.7 Å². The molecule has 2 amide bonds. The largest absolute Gasteiger partial charge is 0.480 e. The molecule has 0 radical (unpaired) electrons. The molecule has 2 unspecified atom stereocenters. The number of nitrogens with one attached hydrogen (secondary N) is 2. The van der Waals surface area contributed by atoms with Crippen LogP contribution in [0.25, 0.3) is 0 Å². The third-order valence-corrected chi connectivity index (χ3v) is 5.00. The molecular weight excluding hydrogens is 463 g/mol. The Bertz CT molecular complexity index is 1070. The van der Waals surface area contributed by atoms with Gasteiger partial charge in [0.05, 0.1) is 0 Å². The number of carboxylic acids is 1. The summed E-state index contributed by atoms with van der Waals surface area (Å²) >= 11 is 0. The van der Waals surface area contributed by atoms with Crippen molar-refractivity contribution in [1.29, 1.82) is 0 Å². The molecule has 0 saturated heterocycles. The number of alkyl carbamates (subject to hydrolysis) is 1. The summed E-state index contributed by atoms with van der Waals surface area (Å²) in [7, 11) is -0.750. The predicted molar refractivity (Wildman–Crippen MR) is 135 cm³/mol. The maximum Gasteiger partial charge on any atom is 0.432 e. The van der Waals surface area contributed by atoms with Gasteiger partial charge in [0, 0.05) is 12.8 Å². The Morgan fingerprint density at radius 3 is 1.56 bits per heavy atom. The first-order valence-corrected chi connectivity index (χ1v) is 11.2. The summed E-state index contributed by atoms with van der Waals surface area (Å²) in [5.74, 6) is -1.75. The van der Waals surface area contributed by atoms with Crippen LogP contribution < -0.4 is 10.6 Å². The molecule has 0 aliphatic heterocycles. The Morgan fingerprint density at radius 2 is 1.11 bits per heavy atom. The summed E-state index contributed by atoms with van der Waals surface area (Å²) in [6, 6.07) is 25.2. The van der Waals surface area contributed by atoms with Crippen LogP contribution in [0.3, 0.4) is 0 Å². The average Bonchev–Trinajstić information content (AvgIpc) is 2.89. The number of rotatable bonds is 10. The van der Waals surface area contributed by atoms with Crippen molar-refractivity contribution in [2.24, 2.45) is 0 Å². The minimum atomic E-state index is -1.16. The van der Waals surface area contributed by atoms with Crippen molar-refractivity contribution in [2.45, 2.75) is 31.5 Å². The van der Waals surface area contributed by atoms with E-state index in [1.54, 1.807) is 24.3 Å². The van der Waals surface area contributed by atoms with Gasteiger partial charge in [-0.05, 0) is 16.7 Å². The summed E-state index contributed by atoms with van der Waals surface area (Å²) in [4.78, 5) is 37.2. The summed E-state index contributed by atoms with van der Waals surface area (Å²) in [5.41, 5.74) is 2.40. The zero-order valence-corrected chi connectivity index (χ0v) is 19.6. The number of carbonyl (C=O) groups excluding carboxylic acids is 2. The smallest absolute Gasteiger partial charge is 0.432 e. The molecule has 10 heteroatoms. The Kier molecular flexibility index (Phi) is 12.3. The van der Waals surface area contributed by atoms with E-state index < -0.39 is 37.7 Å². The van der Waals surface area contributed by atoms with Gasteiger partial charge in [0.2, 0.25) is 5.91 Å². The lowest BCUT2D eigenvalue weighted by molar-refractivity contribution is -0.142. The topological polar surface area (TPSA) is 145 Å². The molecule has 36 heavy (non-hydrogen) atoms. The minimum Gasteiger partial charge on any atom is -0.480 e. The molecule has 9 nitrogen and oxygen atoms in total. The number of carbonyl (C=O) groups is 3. The van der Waals surface area contributed by atoms with Crippen LogP contribution in [0.1, 0.15) is 16.7 Å². The highest BCUT2D eigenvalue weighted by Crippen LogP contribution is 2.08. The Labute approximate surface area is 210 Å². The van der Waals surface area contributed by atoms with Gasteiger partial charge in [-0.2, -0.15) is 0 Å². The van der Waals surface area contributed by atoms with Gasteiger partial charge in [0.25, 0.3) is 0 Å². The first kappa shape index (κ1) is 28.1. The number of hydrogen-bond acceptors (Lipinski definition) is 6. The second kappa shape index (κ2) is 15.7. The number of ether oxygens (including phenoxy) is 1. The van der Waals surface area contributed by atoms with E-state index in [9.17, 15) is 19.5 Å². The monoisotopic (exact) mass is 492 g/mol. The molecule has 3 aromatic rings. The van der Waals surface area contributed by atoms with Crippen molar-refractivity contribution in [1.82, 2.24) is 10.6 Å². The first-order valence-electron chi connectivity index (χ1n) is 11.2. The van der Waals surface area contributed by atoms with Crippen LogP contribution in [0.15, 0.2) is 91.0 Å². The SMILES string of the molecule is O=C(NC(Cc1ccccc1)C(=O)NC(Cc1ccccc1)C(=O)O)OCc1ccccc1.OBO. The van der Waals surface area contributed by atoms with Crippen LogP contribution in [0.4, 0.5) is 4.79 Å². The van der Waals surface area contributed by atoms with E-state index in [4.69, 9.17) is 14.8 Å². The summed E-state index contributed by atoms with van der Waals surface area (Å²) in [5, 5.41) is 29.0. The zero-order chi connectivity index (χ0) is 26.2. The highest BCUT2D eigenvalue weighted by atomic mass is 16.5. The molecule has 0 aliphatic carbocycles. The van der Waals surface area contributed by atoms with Crippen LogP contribution in [0, 0.1) is 0 Å². The Balaban J connectivity index is 0.00000145. The maximum absolute atomic E-state index is 13.0. The normalized spacial score (nSPS) is 11.6. The molecule has 3 aromatic carbocycles. The lowest BCUT2D eigenvalue weighted by atomic mass is 10.0. The van der Waals surface area contributed by atoms with Crippen molar-refractivity contribution in [3.63, 3.8) is 0 Å². The zero-order valence-electron chi connectivity index (χ0n) is 19.6. The van der Waals surface area contributed by atoms with Crippen molar-refractivity contribution < 1.29 is 34.3 Å². The number of hydrogen-bond donors (Lipinski definition) is 5. The van der Waals surface area contributed by atoms with Gasteiger partial charge < -0.3 is 30.5 Å². The van der Waals surface area contributed by atoms with Gasteiger partial charge in [-0.15, -0.1) is 0 Å². The molecule has 0 bridgehead atoms. The molecule has 0 heterocycles. The lowest BCUT2D eigenvalue weighted by Crippen LogP contribution is -2.53. The van der Waals surface area contributed by atoms with E-state index in [1.165, 1.54) is 0 Å². The van der Waals surface area contributed by atoms with Crippen LogP contribution in [0.5, 0.6) is 0 Å². The van der Waals surface area contributed by atoms with E-state index in [0.29, 0.717) is 0 Å². The molecule has 0 saturated carbocycles. The standard InChI is InChI=1S/C26H26N2O5.BH3O2/c29-24(27-23(25(30)31)17-20-12-6-2-7-13-20)22(16-19-10-4-1-5-11-19)28-26(32)33-18-21-14-8-3-9-15-21;2-1-3/h1-15,22-23H,16-18H2,(H,27,29)(H,28,32)(H,30,31);1-3H. The number of aliphatic carboxylic acids is 1. The molecule has 0 aromatic heterocycles. The van der Waals surface area contributed by atoms with Gasteiger partial charge in [-0.1, -0.05) is 91.0 Å². The fourth-order valence-electron chi connectivity index (χ4n) is 3.29. The third-order valence-electron chi connectivity index (χ3n) is 5.00. The van der Waals surface area contributed by atoms with E-state index in [-0.39, 0.29) is 19.4 Å². The molecule has 0 spiro atoms. The molecular formula is C26H29BN2O7. The molecule has 3 rings (SSSR count). The van der Waals surface area contributed by atoms with Crippen molar-refractivity contribution >= 4 is 25.7 Å². The predicted octanol–water partition coefficient (Wildman–Crippen LogP) is 1.57. The van der Waals surface area contributed by atoms with E-state index in [0.717, 1.165) is 16.7 Å². The summed E-state index contributed by atoms with van der Waals surface area (Å²) in [6.07, 6.45) is -0.451. The molecule has 0 aliphatic rings. The molecule has 0 fully saturated rings. The second-order valence-corrected chi connectivity index (χ2v) is 7.68. The van der Waals surface area contributed by atoms with Crippen LogP contribution >= 0.6 is 0 Å². The van der Waals surface area contributed by atoms with E-state index in [2.05, 4.69) is 10.6 Å². The van der Waals surface area contributed by atoms with E-state index in [1.807, 2.05) is 66.7 Å². The molecule has 5 N–H and O–H groups in total. The maximum atomic E-state index is 13.0. The Morgan fingerprint density at radius 1 is 0.694 bits per heavy atom. The quantitative estimate of drug-likeness (QED) is 0.270. The summed E-state index contributed by atoms with van der Waals surface area (Å²) < 4.78 is 5.25. The van der Waals surface area contributed by atoms with Crippen LogP contribution in [0.2, 0.25) is 0 Å². The van der Waals surface area contributed by atoms with Crippen molar-refractivity contribution in [3.05, 3.63) is 108 Å². The van der Waals surface area contributed by atoms with Crippen LogP contribution in [-0.4, -0.2) is 52.9 Å². The minimum absolute atomic E-state index is 0.0537. The molecule has 188 valence electrons. The van der Waals surface area contributed by atoms with Gasteiger partial charge in [0.1, 0.15) is 18.7 Å². The summed E-state index contributed by atoms with van der Waals surface area (Å²) in [6.45, 7) is 0.0537. The highest BCUT2D eigenvalue weighted by molar-refractivity contribution is 6.13.